The quantitative estimate of drug-likeness (QED) is 0.498. The fraction of sp³-hybridized carbons (Fsp3) is 0.0526. The Morgan fingerprint density at radius 2 is 1.93 bits per heavy atom. The average molecular weight is 397 g/mol. The number of carbonyl (C=O) groups is 2. The summed E-state index contributed by atoms with van der Waals surface area (Å²) in [6.07, 6.45) is 0. The van der Waals surface area contributed by atoms with Crippen molar-refractivity contribution in [3.05, 3.63) is 75.4 Å². The summed E-state index contributed by atoms with van der Waals surface area (Å²) in [6, 6.07) is 14.1. The molecule has 0 bridgehead atoms. The zero-order chi connectivity index (χ0) is 19.0. The third-order valence-corrected chi connectivity index (χ3v) is 5.18. The summed E-state index contributed by atoms with van der Waals surface area (Å²) < 4.78 is 3.79. The molecule has 0 fully saturated rings. The number of carbonyl (C=O) groups excluding carboxylic acids is 2. The molecule has 6 nitrogen and oxygen atoms in total. The average Bonchev–Trinajstić information content (AvgIpc) is 3.25. The topological polar surface area (TPSA) is 87.7 Å². The summed E-state index contributed by atoms with van der Waals surface area (Å²) >= 11 is 7.09. The number of hydrogen-bond donors (Lipinski definition) is 2. The molecule has 2 N–H and O–H groups in total. The maximum atomic E-state index is 13.0. The minimum absolute atomic E-state index is 0.225. The van der Waals surface area contributed by atoms with E-state index in [9.17, 15) is 9.59 Å². The van der Waals surface area contributed by atoms with Crippen molar-refractivity contribution in [1.29, 1.82) is 0 Å². The van der Waals surface area contributed by atoms with Crippen molar-refractivity contribution < 1.29 is 9.59 Å². The number of aromatic nitrogens is 3. The first-order chi connectivity index (χ1) is 13.0. The van der Waals surface area contributed by atoms with E-state index in [1.807, 2.05) is 6.07 Å². The summed E-state index contributed by atoms with van der Waals surface area (Å²) in [5.74, 6) is -0.585. The lowest BCUT2D eigenvalue weighted by Crippen LogP contribution is -2.14. The van der Waals surface area contributed by atoms with Crippen LogP contribution in [0.3, 0.4) is 0 Å². The van der Waals surface area contributed by atoms with Crippen LogP contribution in [0.25, 0.3) is 10.9 Å². The van der Waals surface area contributed by atoms with Crippen LogP contribution in [0.4, 0.5) is 5.69 Å². The van der Waals surface area contributed by atoms with Crippen LogP contribution < -0.4 is 5.32 Å². The molecule has 27 heavy (non-hydrogen) atoms. The van der Waals surface area contributed by atoms with Crippen molar-refractivity contribution >= 4 is 51.4 Å². The van der Waals surface area contributed by atoms with E-state index in [1.165, 1.54) is 0 Å². The first-order valence-electron chi connectivity index (χ1n) is 8.06. The van der Waals surface area contributed by atoms with E-state index >= 15 is 0 Å². The Hall–Kier alpha value is -3.03. The van der Waals surface area contributed by atoms with Gasteiger partial charge in [-0.2, -0.15) is 0 Å². The molecule has 0 radical (unpaired) electrons. The highest BCUT2D eigenvalue weighted by Crippen LogP contribution is 2.32. The zero-order valence-corrected chi connectivity index (χ0v) is 15.7. The predicted octanol–water partition coefficient (Wildman–Crippen LogP) is 4.46. The summed E-state index contributed by atoms with van der Waals surface area (Å²) in [5.41, 5.74) is 2.42. The van der Waals surface area contributed by atoms with Gasteiger partial charge in [-0.1, -0.05) is 46.4 Å². The summed E-state index contributed by atoms with van der Waals surface area (Å²) in [5, 5.41) is 7.93. The Bertz CT molecular complexity index is 1170. The molecule has 2 aromatic carbocycles. The number of fused-ring (bicyclic) bond motifs is 1. The molecule has 4 rings (SSSR count). The van der Waals surface area contributed by atoms with Gasteiger partial charge >= 0.3 is 0 Å². The highest BCUT2D eigenvalue weighted by molar-refractivity contribution is 7.08. The number of hydrogen-bond acceptors (Lipinski definition) is 5. The third kappa shape index (κ3) is 3.22. The summed E-state index contributed by atoms with van der Waals surface area (Å²) in [7, 11) is 0. The largest absolute Gasteiger partial charge is 0.350 e. The lowest BCUT2D eigenvalue weighted by Gasteiger charge is -2.06. The van der Waals surface area contributed by atoms with Crippen LogP contribution in [0.15, 0.2) is 48.5 Å². The van der Waals surface area contributed by atoms with Crippen molar-refractivity contribution in [2.75, 3.05) is 5.32 Å². The van der Waals surface area contributed by atoms with Crippen LogP contribution in [0.5, 0.6) is 0 Å². The molecule has 2 aromatic heterocycles. The van der Waals surface area contributed by atoms with E-state index in [4.69, 9.17) is 11.6 Å². The second-order valence-corrected chi connectivity index (χ2v) is 7.09. The normalized spacial score (nSPS) is 10.9. The molecule has 4 aromatic rings. The van der Waals surface area contributed by atoms with Gasteiger partial charge in [0.1, 0.15) is 10.6 Å². The number of rotatable bonds is 4. The molecule has 0 atom stereocenters. The Balaban J connectivity index is 1.83. The maximum absolute atomic E-state index is 13.0. The summed E-state index contributed by atoms with van der Waals surface area (Å²) in [4.78, 5) is 29.2. The molecule has 0 saturated heterocycles. The number of nitrogens with zero attached hydrogens (tertiary/aromatic N) is 2. The number of ketones is 1. The fourth-order valence-electron chi connectivity index (χ4n) is 2.81. The number of anilines is 1. The minimum atomic E-state index is -0.361. The standard InChI is InChI=1S/C19H13ClN4O2S/c1-10-18(27-24-23-10)19(26)22-15-13-8-7-12(20)9-14(13)21-16(15)17(25)11-5-3-2-4-6-11/h2-9,21H,1H3,(H,22,26). The van der Waals surface area contributed by atoms with E-state index in [1.54, 1.807) is 49.4 Å². The Morgan fingerprint density at radius 3 is 2.63 bits per heavy atom. The number of H-pyrrole nitrogens is 1. The van der Waals surface area contributed by atoms with Gasteiger partial charge in [0, 0.05) is 21.5 Å². The molecule has 1 amide bonds. The summed E-state index contributed by atoms with van der Waals surface area (Å²) in [6.45, 7) is 1.71. The van der Waals surface area contributed by atoms with Gasteiger partial charge in [-0.3, -0.25) is 9.59 Å². The van der Waals surface area contributed by atoms with Crippen molar-refractivity contribution in [2.24, 2.45) is 0 Å². The number of aromatic amines is 1. The number of amides is 1. The second-order valence-electron chi connectivity index (χ2n) is 5.90. The lowest BCUT2D eigenvalue weighted by molar-refractivity contribution is 0.103. The minimum Gasteiger partial charge on any atom is -0.350 e. The SMILES string of the molecule is Cc1nnsc1C(=O)Nc1c(C(=O)c2ccccc2)[nH]c2cc(Cl)ccc12. The highest BCUT2D eigenvalue weighted by atomic mass is 35.5. The van der Waals surface area contributed by atoms with Gasteiger partial charge in [0.05, 0.1) is 11.4 Å². The molecule has 0 aliphatic heterocycles. The van der Waals surface area contributed by atoms with Gasteiger partial charge in [0.15, 0.2) is 0 Å². The van der Waals surface area contributed by atoms with Crippen LogP contribution in [-0.4, -0.2) is 26.3 Å². The molecule has 0 aliphatic carbocycles. The smallest absolute Gasteiger partial charge is 0.269 e. The zero-order valence-electron chi connectivity index (χ0n) is 14.1. The van der Waals surface area contributed by atoms with Gasteiger partial charge in [-0.15, -0.1) is 5.10 Å². The van der Waals surface area contributed by atoms with Gasteiger partial charge in [-0.25, -0.2) is 0 Å². The van der Waals surface area contributed by atoms with E-state index in [2.05, 4.69) is 19.9 Å². The fourth-order valence-corrected chi connectivity index (χ4v) is 3.54. The Labute approximate surface area is 163 Å². The maximum Gasteiger partial charge on any atom is 0.269 e. The molecule has 0 spiro atoms. The second kappa shape index (κ2) is 6.94. The molecular formula is C19H13ClN4O2S. The van der Waals surface area contributed by atoms with Crippen LogP contribution in [-0.2, 0) is 0 Å². The van der Waals surface area contributed by atoms with Crippen molar-refractivity contribution in [2.45, 2.75) is 6.92 Å². The number of nitrogens with one attached hydrogen (secondary N) is 2. The number of aryl methyl sites for hydroxylation is 1. The van der Waals surface area contributed by atoms with Gasteiger partial charge in [0.25, 0.3) is 5.91 Å². The van der Waals surface area contributed by atoms with E-state index < -0.39 is 0 Å². The van der Waals surface area contributed by atoms with Crippen LogP contribution >= 0.6 is 23.1 Å². The van der Waals surface area contributed by atoms with Gasteiger partial charge in [0.2, 0.25) is 5.78 Å². The predicted molar refractivity (Wildman–Crippen MR) is 106 cm³/mol. The lowest BCUT2D eigenvalue weighted by atomic mass is 10.1. The molecule has 8 heteroatoms. The van der Waals surface area contributed by atoms with E-state index in [0.29, 0.717) is 43.4 Å². The third-order valence-electron chi connectivity index (χ3n) is 4.12. The first kappa shape index (κ1) is 17.4. The van der Waals surface area contributed by atoms with Crippen LogP contribution in [0, 0.1) is 6.92 Å². The Kier molecular flexibility index (Phi) is 4.47. The number of halogens is 1. The van der Waals surface area contributed by atoms with Crippen molar-refractivity contribution in [1.82, 2.24) is 14.6 Å². The van der Waals surface area contributed by atoms with Crippen molar-refractivity contribution in [3.63, 3.8) is 0 Å². The first-order valence-corrected chi connectivity index (χ1v) is 9.21. The monoisotopic (exact) mass is 396 g/mol. The number of benzene rings is 2. The molecule has 0 saturated carbocycles. The Morgan fingerprint density at radius 1 is 1.15 bits per heavy atom. The molecule has 134 valence electrons. The van der Waals surface area contributed by atoms with Crippen LogP contribution in [0.2, 0.25) is 5.02 Å². The molecule has 0 aliphatic rings. The molecule has 2 heterocycles. The van der Waals surface area contributed by atoms with Gasteiger partial charge < -0.3 is 10.3 Å². The highest BCUT2D eigenvalue weighted by Gasteiger charge is 2.23. The van der Waals surface area contributed by atoms with Crippen LogP contribution in [0.1, 0.15) is 31.4 Å². The van der Waals surface area contributed by atoms with E-state index in [0.717, 1.165) is 11.5 Å². The molecular weight excluding hydrogens is 384 g/mol. The van der Waals surface area contributed by atoms with E-state index in [-0.39, 0.29) is 11.7 Å². The van der Waals surface area contributed by atoms with Gasteiger partial charge in [-0.05, 0) is 36.7 Å². The van der Waals surface area contributed by atoms with Crippen molar-refractivity contribution in [3.8, 4) is 0 Å². The molecule has 0 unspecified atom stereocenters.